The van der Waals surface area contributed by atoms with Gasteiger partial charge in [0.05, 0.1) is 0 Å². The molecule has 55 valence electrons. The normalized spacial score (nSPS) is 12.7. The lowest BCUT2D eigenvalue weighted by Gasteiger charge is -2.18. The summed E-state index contributed by atoms with van der Waals surface area (Å²) in [5, 5.41) is 0. The van der Waals surface area contributed by atoms with Crippen molar-refractivity contribution in [1.82, 2.24) is 0 Å². The Bertz CT molecular complexity index is 64.6. The van der Waals surface area contributed by atoms with E-state index < -0.39 is 0 Å². The molecule has 0 N–H and O–H groups in total. The minimum atomic E-state index is 0.476. The van der Waals surface area contributed by atoms with Gasteiger partial charge in [0.15, 0.2) is 0 Å². The Morgan fingerprint density at radius 3 is 1.78 bits per heavy atom. The highest BCUT2D eigenvalue weighted by Gasteiger charge is 2.09. The third-order valence-electron chi connectivity index (χ3n) is 1.20. The summed E-state index contributed by atoms with van der Waals surface area (Å²) < 4.78 is 0. The van der Waals surface area contributed by atoms with Crippen molar-refractivity contribution in [2.45, 2.75) is 41.0 Å². The molecule has 0 amide bonds. The zero-order valence-electron chi connectivity index (χ0n) is 7.36. The second-order valence-electron chi connectivity index (χ2n) is 4.24. The fourth-order valence-corrected chi connectivity index (χ4v) is 0.589. The summed E-state index contributed by atoms with van der Waals surface area (Å²) in [6, 6.07) is 0. The molecule has 1 radical (unpaired) electrons. The van der Waals surface area contributed by atoms with Crippen LogP contribution < -0.4 is 0 Å². The van der Waals surface area contributed by atoms with E-state index in [1.165, 1.54) is 6.42 Å². The molecule has 0 fully saturated rings. The molecular weight excluding hydrogens is 108 g/mol. The van der Waals surface area contributed by atoms with Gasteiger partial charge in [-0.15, -0.1) is 0 Å². The van der Waals surface area contributed by atoms with Crippen LogP contribution >= 0.6 is 0 Å². The minimum absolute atomic E-state index is 0.476. The molecule has 0 aromatic heterocycles. The van der Waals surface area contributed by atoms with Crippen molar-refractivity contribution >= 4 is 0 Å². The van der Waals surface area contributed by atoms with Crippen molar-refractivity contribution in [3.63, 3.8) is 0 Å². The van der Waals surface area contributed by atoms with E-state index >= 15 is 0 Å². The van der Waals surface area contributed by atoms with Gasteiger partial charge in [-0.3, -0.25) is 0 Å². The molecule has 0 nitrogen and oxygen atoms in total. The highest BCUT2D eigenvalue weighted by atomic mass is 14.2. The van der Waals surface area contributed by atoms with Gasteiger partial charge in [0, 0.05) is 0 Å². The first-order valence-corrected chi connectivity index (χ1v) is 3.75. The van der Waals surface area contributed by atoms with E-state index in [4.69, 9.17) is 0 Å². The molecule has 0 spiro atoms. The van der Waals surface area contributed by atoms with Gasteiger partial charge in [0.2, 0.25) is 0 Å². The molecule has 0 aliphatic rings. The van der Waals surface area contributed by atoms with Crippen LogP contribution in [0.1, 0.15) is 41.0 Å². The summed E-state index contributed by atoms with van der Waals surface area (Å²) >= 11 is 0. The highest BCUT2D eigenvalue weighted by Crippen LogP contribution is 2.22. The van der Waals surface area contributed by atoms with Gasteiger partial charge >= 0.3 is 0 Å². The lowest BCUT2D eigenvalue weighted by Crippen LogP contribution is -2.06. The average molecular weight is 127 g/mol. The number of rotatable bonds is 2. The topological polar surface area (TPSA) is 0 Å². The molecule has 0 heteroatoms. The highest BCUT2D eigenvalue weighted by molar-refractivity contribution is 4.76. The molecule has 9 heavy (non-hydrogen) atoms. The van der Waals surface area contributed by atoms with Crippen LogP contribution in [0.4, 0.5) is 0 Å². The summed E-state index contributed by atoms with van der Waals surface area (Å²) in [5.74, 6) is 0.740. The quantitative estimate of drug-likeness (QED) is 0.534. The molecule has 0 aromatic rings. The summed E-state index contributed by atoms with van der Waals surface area (Å²) in [6.45, 7) is 11.3. The largest absolute Gasteiger partial charge is 0.0625 e. The van der Waals surface area contributed by atoms with E-state index in [1.54, 1.807) is 0 Å². The van der Waals surface area contributed by atoms with E-state index in [9.17, 15) is 0 Å². The van der Waals surface area contributed by atoms with Gasteiger partial charge in [-0.25, -0.2) is 0 Å². The molecule has 0 saturated carbocycles. The Morgan fingerprint density at radius 1 is 1.22 bits per heavy atom. The Balaban J connectivity index is 3.28. The Hall–Kier alpha value is 0. The van der Waals surface area contributed by atoms with Crippen molar-refractivity contribution in [2.24, 2.45) is 11.3 Å². The molecular formula is C9H19. The van der Waals surface area contributed by atoms with Crippen molar-refractivity contribution in [3.8, 4) is 0 Å². The maximum atomic E-state index is 2.38. The maximum Gasteiger partial charge on any atom is -0.0355 e. The van der Waals surface area contributed by atoms with Crippen LogP contribution in [0.25, 0.3) is 0 Å². The van der Waals surface area contributed by atoms with Gasteiger partial charge in [-0.1, -0.05) is 34.6 Å². The van der Waals surface area contributed by atoms with Gasteiger partial charge in [-0.05, 0) is 24.2 Å². The molecule has 0 aromatic carbocycles. The molecule has 0 heterocycles. The minimum Gasteiger partial charge on any atom is -0.0625 e. The number of hydrogen-bond acceptors (Lipinski definition) is 0. The average Bonchev–Trinajstić information content (AvgIpc) is 1.59. The lowest BCUT2D eigenvalue weighted by atomic mass is 9.88. The maximum absolute atomic E-state index is 2.38. The monoisotopic (exact) mass is 127 g/mol. The SMILES string of the molecule is CC(C)[CH]CC(C)(C)C. The zero-order valence-corrected chi connectivity index (χ0v) is 7.36. The van der Waals surface area contributed by atoms with Crippen LogP contribution in [-0.4, -0.2) is 0 Å². The zero-order chi connectivity index (χ0) is 7.49. The van der Waals surface area contributed by atoms with Crippen LogP contribution in [0, 0.1) is 17.8 Å². The Labute approximate surface area is 59.7 Å². The molecule has 0 aliphatic carbocycles. The summed E-state index contributed by atoms with van der Waals surface area (Å²) in [5.41, 5.74) is 0.476. The second kappa shape index (κ2) is 3.24. The van der Waals surface area contributed by atoms with Gasteiger partial charge in [0.25, 0.3) is 0 Å². The van der Waals surface area contributed by atoms with Crippen LogP contribution in [0.3, 0.4) is 0 Å². The van der Waals surface area contributed by atoms with Gasteiger partial charge in [-0.2, -0.15) is 0 Å². The van der Waals surface area contributed by atoms with E-state index in [0.29, 0.717) is 5.41 Å². The fraction of sp³-hybridized carbons (Fsp3) is 0.889. The molecule has 0 unspecified atom stereocenters. The molecule has 0 aliphatic heterocycles. The third kappa shape index (κ3) is 8.00. The summed E-state index contributed by atoms with van der Waals surface area (Å²) in [7, 11) is 0. The van der Waals surface area contributed by atoms with E-state index in [1.807, 2.05) is 0 Å². The molecule has 0 rings (SSSR count). The van der Waals surface area contributed by atoms with Crippen molar-refractivity contribution in [2.75, 3.05) is 0 Å². The van der Waals surface area contributed by atoms with E-state index in [-0.39, 0.29) is 0 Å². The van der Waals surface area contributed by atoms with Crippen molar-refractivity contribution < 1.29 is 0 Å². The van der Waals surface area contributed by atoms with Crippen LogP contribution in [0.2, 0.25) is 0 Å². The summed E-state index contributed by atoms with van der Waals surface area (Å²) in [6.07, 6.45) is 3.60. The van der Waals surface area contributed by atoms with Gasteiger partial charge in [0.1, 0.15) is 0 Å². The molecule has 0 saturated heterocycles. The Kier molecular flexibility index (Phi) is 3.24. The molecule has 0 atom stereocenters. The predicted molar refractivity (Wildman–Crippen MR) is 43.2 cm³/mol. The van der Waals surface area contributed by atoms with E-state index in [0.717, 1.165) is 5.92 Å². The standard InChI is InChI=1S/C9H19/c1-8(2)6-7-9(3,4)5/h6,8H,7H2,1-5H3. The summed E-state index contributed by atoms with van der Waals surface area (Å²) in [4.78, 5) is 0. The fourth-order valence-electron chi connectivity index (χ4n) is 0.589. The number of hydrogen-bond donors (Lipinski definition) is 0. The van der Waals surface area contributed by atoms with Crippen molar-refractivity contribution in [3.05, 3.63) is 6.42 Å². The van der Waals surface area contributed by atoms with Crippen LogP contribution in [0.15, 0.2) is 0 Å². The predicted octanol–water partition coefficient (Wildman–Crippen LogP) is 3.28. The first-order valence-electron chi connectivity index (χ1n) is 3.75. The smallest absolute Gasteiger partial charge is 0.0355 e. The second-order valence-corrected chi connectivity index (χ2v) is 4.24. The van der Waals surface area contributed by atoms with Gasteiger partial charge < -0.3 is 0 Å². The first-order chi connectivity index (χ1) is 3.92. The molecule has 0 bridgehead atoms. The van der Waals surface area contributed by atoms with Crippen LogP contribution in [-0.2, 0) is 0 Å². The first kappa shape index (κ1) is 9.00. The van der Waals surface area contributed by atoms with E-state index in [2.05, 4.69) is 41.0 Å². The van der Waals surface area contributed by atoms with Crippen molar-refractivity contribution in [1.29, 1.82) is 0 Å². The Morgan fingerprint density at radius 2 is 1.67 bits per heavy atom. The lowest BCUT2D eigenvalue weighted by molar-refractivity contribution is 0.390. The third-order valence-corrected chi connectivity index (χ3v) is 1.20. The van der Waals surface area contributed by atoms with Crippen LogP contribution in [0.5, 0.6) is 0 Å².